The molecule has 1 fully saturated rings. The average Bonchev–Trinajstić information content (AvgIpc) is 3.21. The molecule has 20 heavy (non-hydrogen) atoms. The fourth-order valence-corrected chi connectivity index (χ4v) is 2.36. The van der Waals surface area contributed by atoms with E-state index in [0.717, 1.165) is 12.8 Å². The van der Waals surface area contributed by atoms with Gasteiger partial charge in [0.15, 0.2) is 0 Å². The number of carbonyl (C=O) groups excluding carboxylic acids is 2. The summed E-state index contributed by atoms with van der Waals surface area (Å²) in [6.07, 6.45) is 2.22. The summed E-state index contributed by atoms with van der Waals surface area (Å²) in [5.74, 6) is -0.495. The Morgan fingerprint density at radius 2 is 2.10 bits per heavy atom. The van der Waals surface area contributed by atoms with Crippen molar-refractivity contribution in [3.05, 3.63) is 34.4 Å². The molecule has 0 aliphatic heterocycles. The number of amides is 2. The van der Waals surface area contributed by atoms with Gasteiger partial charge in [-0.05, 0) is 50.3 Å². The molecule has 1 aromatic rings. The Bertz CT molecular complexity index is 612. The van der Waals surface area contributed by atoms with E-state index in [1.54, 1.807) is 13.0 Å². The molecule has 0 spiro atoms. The van der Waals surface area contributed by atoms with E-state index in [0.29, 0.717) is 17.0 Å². The summed E-state index contributed by atoms with van der Waals surface area (Å²) in [6, 6.07) is 5.03. The van der Waals surface area contributed by atoms with Gasteiger partial charge in [-0.25, -0.2) is 0 Å². The van der Waals surface area contributed by atoms with Gasteiger partial charge in [-0.3, -0.25) is 9.59 Å². The maximum atomic E-state index is 12.3. The number of hydrogen-bond acceptors (Lipinski definition) is 3. The number of hydrogen-bond donors (Lipinski definition) is 2. The Hall–Kier alpha value is -2.35. The topological polar surface area (TPSA) is 96.0 Å². The molecule has 1 aliphatic rings. The van der Waals surface area contributed by atoms with Crippen LogP contribution in [0.4, 0.5) is 0 Å². The lowest BCUT2D eigenvalue weighted by Gasteiger charge is -2.15. The van der Waals surface area contributed by atoms with Crippen molar-refractivity contribution < 1.29 is 9.59 Å². The predicted octanol–water partition coefficient (Wildman–Crippen LogP) is 1.49. The lowest BCUT2D eigenvalue weighted by molar-refractivity contribution is 0.0921. The highest BCUT2D eigenvalue weighted by molar-refractivity contribution is 6.08. The molecular weight excluding hydrogens is 254 g/mol. The van der Waals surface area contributed by atoms with Gasteiger partial charge in [0.25, 0.3) is 5.91 Å². The molecule has 1 aromatic carbocycles. The highest BCUT2D eigenvalue weighted by Gasteiger charge is 2.30. The zero-order chi connectivity index (χ0) is 14.9. The van der Waals surface area contributed by atoms with Crippen molar-refractivity contribution in [2.75, 3.05) is 0 Å². The van der Waals surface area contributed by atoms with Gasteiger partial charge >= 0.3 is 0 Å². The molecule has 0 radical (unpaired) electrons. The van der Waals surface area contributed by atoms with Crippen LogP contribution < -0.4 is 11.1 Å². The maximum Gasteiger partial charge on any atom is 0.252 e. The molecule has 5 nitrogen and oxygen atoms in total. The molecule has 0 saturated heterocycles. The minimum absolute atomic E-state index is 0.0641. The lowest BCUT2D eigenvalue weighted by Crippen LogP contribution is -2.35. The molecule has 0 aromatic heterocycles. The zero-order valence-corrected chi connectivity index (χ0v) is 11.6. The summed E-state index contributed by atoms with van der Waals surface area (Å²) >= 11 is 0. The monoisotopic (exact) mass is 271 g/mol. The Kier molecular flexibility index (Phi) is 3.75. The number of primary amides is 1. The Morgan fingerprint density at radius 1 is 1.45 bits per heavy atom. The van der Waals surface area contributed by atoms with Crippen molar-refractivity contribution in [3.63, 3.8) is 0 Å². The summed E-state index contributed by atoms with van der Waals surface area (Å²) in [4.78, 5) is 23.8. The number of nitrogens with one attached hydrogen (secondary N) is 1. The molecule has 1 saturated carbocycles. The van der Waals surface area contributed by atoms with E-state index in [1.807, 2.05) is 13.0 Å². The fourth-order valence-electron chi connectivity index (χ4n) is 2.36. The quantitative estimate of drug-likeness (QED) is 0.868. The predicted molar refractivity (Wildman–Crippen MR) is 74.1 cm³/mol. The third kappa shape index (κ3) is 2.80. The minimum atomic E-state index is -0.656. The average molecular weight is 271 g/mol. The van der Waals surface area contributed by atoms with Crippen LogP contribution in [0.1, 0.15) is 51.6 Å². The smallest absolute Gasteiger partial charge is 0.252 e. The molecule has 1 unspecified atom stereocenters. The Morgan fingerprint density at radius 3 is 2.60 bits per heavy atom. The molecule has 2 amide bonds. The molecule has 2 rings (SSSR count). The van der Waals surface area contributed by atoms with Gasteiger partial charge in [0.1, 0.15) is 0 Å². The van der Waals surface area contributed by atoms with Gasteiger partial charge in [0.05, 0.1) is 22.8 Å². The van der Waals surface area contributed by atoms with Crippen molar-refractivity contribution in [1.29, 1.82) is 5.26 Å². The highest BCUT2D eigenvalue weighted by Crippen LogP contribution is 2.32. The number of aryl methyl sites for hydroxylation is 1. The second-order valence-corrected chi connectivity index (χ2v) is 5.29. The van der Waals surface area contributed by atoms with Crippen LogP contribution in [0.25, 0.3) is 0 Å². The zero-order valence-electron chi connectivity index (χ0n) is 11.6. The van der Waals surface area contributed by atoms with Crippen LogP contribution in [-0.4, -0.2) is 17.9 Å². The van der Waals surface area contributed by atoms with Crippen molar-refractivity contribution in [2.45, 2.75) is 32.7 Å². The highest BCUT2D eigenvalue weighted by atomic mass is 16.2. The molecule has 104 valence electrons. The molecule has 0 heterocycles. The number of nitriles is 1. The first-order chi connectivity index (χ1) is 9.43. The third-order valence-electron chi connectivity index (χ3n) is 3.64. The van der Waals surface area contributed by atoms with Crippen LogP contribution in [0.2, 0.25) is 0 Å². The van der Waals surface area contributed by atoms with Crippen LogP contribution in [-0.2, 0) is 0 Å². The van der Waals surface area contributed by atoms with E-state index < -0.39 is 5.91 Å². The minimum Gasteiger partial charge on any atom is -0.366 e. The first-order valence-electron chi connectivity index (χ1n) is 6.59. The third-order valence-corrected chi connectivity index (χ3v) is 3.64. The largest absolute Gasteiger partial charge is 0.366 e. The Labute approximate surface area is 117 Å². The molecule has 1 atom stereocenters. The Balaban J connectivity index is 2.37. The van der Waals surface area contributed by atoms with Crippen molar-refractivity contribution in [3.8, 4) is 6.07 Å². The summed E-state index contributed by atoms with van der Waals surface area (Å²) in [5, 5.41) is 11.9. The van der Waals surface area contributed by atoms with Gasteiger partial charge in [-0.2, -0.15) is 5.26 Å². The summed E-state index contributed by atoms with van der Waals surface area (Å²) in [5.41, 5.74) is 6.60. The van der Waals surface area contributed by atoms with Gasteiger partial charge in [-0.1, -0.05) is 0 Å². The first-order valence-corrected chi connectivity index (χ1v) is 6.59. The van der Waals surface area contributed by atoms with E-state index in [-0.39, 0.29) is 23.1 Å². The van der Waals surface area contributed by atoms with Crippen molar-refractivity contribution >= 4 is 11.8 Å². The van der Waals surface area contributed by atoms with Crippen LogP contribution in [0.15, 0.2) is 12.1 Å². The van der Waals surface area contributed by atoms with Crippen LogP contribution in [0.5, 0.6) is 0 Å². The summed E-state index contributed by atoms with van der Waals surface area (Å²) in [6.45, 7) is 3.61. The van der Waals surface area contributed by atoms with Crippen LogP contribution in [0, 0.1) is 24.2 Å². The second-order valence-electron chi connectivity index (χ2n) is 5.29. The number of benzene rings is 1. The van der Waals surface area contributed by atoms with Crippen molar-refractivity contribution in [1.82, 2.24) is 5.32 Å². The molecule has 1 aliphatic carbocycles. The normalized spacial score (nSPS) is 15.2. The second kappa shape index (κ2) is 5.33. The first kappa shape index (κ1) is 14.1. The number of nitrogens with two attached hydrogens (primary N) is 1. The van der Waals surface area contributed by atoms with E-state index in [2.05, 4.69) is 5.32 Å². The van der Waals surface area contributed by atoms with E-state index in [1.165, 1.54) is 6.07 Å². The molecule has 3 N–H and O–H groups in total. The van der Waals surface area contributed by atoms with Crippen LogP contribution in [0.3, 0.4) is 0 Å². The molecule has 0 bridgehead atoms. The molecular formula is C15H17N3O2. The standard InChI is InChI=1S/C15H17N3O2/c1-8-5-10(7-16)6-12(13(8)14(17)19)15(20)18-9(2)11-3-4-11/h5-6,9,11H,3-4H2,1-2H3,(H2,17,19)(H,18,20). The van der Waals surface area contributed by atoms with Gasteiger partial charge in [0, 0.05) is 6.04 Å². The summed E-state index contributed by atoms with van der Waals surface area (Å²) < 4.78 is 0. The van der Waals surface area contributed by atoms with E-state index >= 15 is 0 Å². The lowest BCUT2D eigenvalue weighted by atomic mass is 9.97. The number of carbonyl (C=O) groups is 2. The fraction of sp³-hybridized carbons (Fsp3) is 0.400. The molecule has 5 heteroatoms. The SMILES string of the molecule is Cc1cc(C#N)cc(C(=O)NC(C)C2CC2)c1C(N)=O. The number of nitrogens with zero attached hydrogens (tertiary/aromatic N) is 1. The summed E-state index contributed by atoms with van der Waals surface area (Å²) in [7, 11) is 0. The van der Waals surface area contributed by atoms with Crippen molar-refractivity contribution in [2.24, 2.45) is 11.7 Å². The van der Waals surface area contributed by atoms with Gasteiger partial charge in [0.2, 0.25) is 5.91 Å². The van der Waals surface area contributed by atoms with Gasteiger partial charge < -0.3 is 11.1 Å². The number of rotatable bonds is 4. The van der Waals surface area contributed by atoms with E-state index in [4.69, 9.17) is 11.0 Å². The van der Waals surface area contributed by atoms with E-state index in [9.17, 15) is 9.59 Å². The maximum absolute atomic E-state index is 12.3. The van der Waals surface area contributed by atoms with Gasteiger partial charge in [-0.15, -0.1) is 0 Å². The van der Waals surface area contributed by atoms with Crippen LogP contribution >= 0.6 is 0 Å².